The van der Waals surface area contributed by atoms with Gasteiger partial charge in [0.2, 0.25) is 0 Å². The average Bonchev–Trinajstić information content (AvgIpc) is 2.30. The maximum atomic E-state index is 11.9. The molecule has 1 atom stereocenters. The van der Waals surface area contributed by atoms with E-state index in [0.29, 0.717) is 23.0 Å². The molecular weight excluding hydrogens is 282 g/mol. The molecule has 17 heavy (non-hydrogen) atoms. The van der Waals surface area contributed by atoms with Crippen molar-refractivity contribution in [2.45, 2.75) is 46.7 Å². The fourth-order valence-corrected chi connectivity index (χ4v) is 2.15. The lowest BCUT2D eigenvalue weighted by molar-refractivity contribution is 0.509. The Bertz CT molecular complexity index is 428. The van der Waals surface area contributed by atoms with Crippen LogP contribution in [0.4, 0.5) is 5.69 Å². The number of rotatable bonds is 5. The number of aromatic nitrogens is 2. The molecule has 0 aliphatic carbocycles. The van der Waals surface area contributed by atoms with Crippen LogP contribution in [0, 0.1) is 5.92 Å². The summed E-state index contributed by atoms with van der Waals surface area (Å²) in [5, 5.41) is 7.48. The summed E-state index contributed by atoms with van der Waals surface area (Å²) in [6.07, 6.45) is 2.72. The third kappa shape index (κ3) is 3.31. The standard InChI is InChI=1S/C12H20BrN3O/c1-5-9(8(3)4)15-10-7-14-16(6-2)12(17)11(10)13/h7-9,15H,5-6H2,1-4H3. The van der Waals surface area contributed by atoms with Crippen LogP contribution in [-0.4, -0.2) is 15.8 Å². The summed E-state index contributed by atoms with van der Waals surface area (Å²) < 4.78 is 2.00. The topological polar surface area (TPSA) is 46.9 Å². The first kappa shape index (κ1) is 14.2. The number of hydrogen-bond acceptors (Lipinski definition) is 3. The maximum absolute atomic E-state index is 11.9. The molecule has 1 aromatic rings. The Hall–Kier alpha value is -0.840. The predicted octanol–water partition coefficient (Wildman–Crippen LogP) is 2.87. The fourth-order valence-electron chi connectivity index (χ4n) is 1.73. The summed E-state index contributed by atoms with van der Waals surface area (Å²) in [4.78, 5) is 11.9. The van der Waals surface area contributed by atoms with Crippen LogP contribution in [0.5, 0.6) is 0 Å². The van der Waals surface area contributed by atoms with Gasteiger partial charge in [-0.2, -0.15) is 5.10 Å². The normalized spacial score (nSPS) is 12.8. The quantitative estimate of drug-likeness (QED) is 0.910. The van der Waals surface area contributed by atoms with E-state index in [0.717, 1.165) is 12.1 Å². The van der Waals surface area contributed by atoms with Gasteiger partial charge in [0, 0.05) is 12.6 Å². The molecule has 0 saturated carbocycles. The predicted molar refractivity (Wildman–Crippen MR) is 74.4 cm³/mol. The second-order valence-electron chi connectivity index (χ2n) is 4.40. The van der Waals surface area contributed by atoms with Gasteiger partial charge in [0.05, 0.1) is 11.9 Å². The molecule has 5 heteroatoms. The molecule has 0 spiro atoms. The summed E-state index contributed by atoms with van der Waals surface area (Å²) in [5.74, 6) is 0.514. The molecule has 0 bridgehead atoms. The van der Waals surface area contributed by atoms with Crippen LogP contribution in [-0.2, 0) is 6.54 Å². The van der Waals surface area contributed by atoms with Gasteiger partial charge in [-0.05, 0) is 35.2 Å². The number of halogens is 1. The minimum absolute atomic E-state index is 0.0869. The molecular formula is C12H20BrN3O. The lowest BCUT2D eigenvalue weighted by Gasteiger charge is -2.22. The van der Waals surface area contributed by atoms with Crippen molar-refractivity contribution >= 4 is 21.6 Å². The van der Waals surface area contributed by atoms with E-state index in [9.17, 15) is 4.79 Å². The van der Waals surface area contributed by atoms with Gasteiger partial charge >= 0.3 is 0 Å². The van der Waals surface area contributed by atoms with E-state index in [1.807, 2.05) is 6.92 Å². The third-order valence-corrected chi connectivity index (χ3v) is 3.64. The van der Waals surface area contributed by atoms with Crippen LogP contribution in [0.25, 0.3) is 0 Å². The van der Waals surface area contributed by atoms with E-state index in [1.165, 1.54) is 4.68 Å². The van der Waals surface area contributed by atoms with E-state index in [-0.39, 0.29) is 5.56 Å². The largest absolute Gasteiger partial charge is 0.380 e. The molecule has 1 N–H and O–H groups in total. The Balaban J connectivity index is 3.00. The van der Waals surface area contributed by atoms with Gasteiger partial charge in [0.1, 0.15) is 4.47 Å². The molecule has 0 aromatic carbocycles. The minimum Gasteiger partial charge on any atom is -0.380 e. The summed E-state index contributed by atoms with van der Waals surface area (Å²) >= 11 is 3.34. The molecule has 1 aromatic heterocycles. The van der Waals surface area contributed by atoms with E-state index in [4.69, 9.17) is 0 Å². The number of nitrogens with one attached hydrogen (secondary N) is 1. The number of aryl methyl sites for hydroxylation is 1. The maximum Gasteiger partial charge on any atom is 0.283 e. The molecule has 0 saturated heterocycles. The van der Waals surface area contributed by atoms with Crippen molar-refractivity contribution in [2.24, 2.45) is 5.92 Å². The van der Waals surface area contributed by atoms with Crippen LogP contribution in [0.3, 0.4) is 0 Å². The van der Waals surface area contributed by atoms with Gasteiger partial charge in [-0.25, -0.2) is 4.68 Å². The van der Waals surface area contributed by atoms with Crippen molar-refractivity contribution in [3.05, 3.63) is 21.0 Å². The molecule has 0 aliphatic heterocycles. The zero-order valence-corrected chi connectivity index (χ0v) is 12.4. The van der Waals surface area contributed by atoms with E-state index >= 15 is 0 Å². The Morgan fingerprint density at radius 1 is 1.47 bits per heavy atom. The van der Waals surface area contributed by atoms with Crippen LogP contribution in [0.15, 0.2) is 15.5 Å². The van der Waals surface area contributed by atoms with Crippen LogP contribution in [0.1, 0.15) is 34.1 Å². The summed E-state index contributed by atoms with van der Waals surface area (Å²) in [7, 11) is 0. The highest BCUT2D eigenvalue weighted by Crippen LogP contribution is 2.20. The first-order chi connectivity index (χ1) is 8.01. The monoisotopic (exact) mass is 301 g/mol. The van der Waals surface area contributed by atoms with Crippen LogP contribution < -0.4 is 10.9 Å². The van der Waals surface area contributed by atoms with Crippen molar-refractivity contribution in [2.75, 3.05) is 5.32 Å². The second kappa shape index (κ2) is 6.19. The number of hydrogen-bond donors (Lipinski definition) is 1. The zero-order chi connectivity index (χ0) is 13.0. The molecule has 0 fully saturated rings. The summed E-state index contributed by atoms with van der Waals surface area (Å²) in [5.41, 5.74) is 0.691. The average molecular weight is 302 g/mol. The lowest BCUT2D eigenvalue weighted by Crippen LogP contribution is -2.28. The van der Waals surface area contributed by atoms with Gasteiger partial charge in [0.25, 0.3) is 5.56 Å². The third-order valence-electron chi connectivity index (χ3n) is 2.87. The first-order valence-electron chi connectivity index (χ1n) is 6.03. The highest BCUT2D eigenvalue weighted by molar-refractivity contribution is 9.10. The van der Waals surface area contributed by atoms with Gasteiger partial charge in [0.15, 0.2) is 0 Å². The molecule has 0 amide bonds. The smallest absolute Gasteiger partial charge is 0.283 e. The fraction of sp³-hybridized carbons (Fsp3) is 0.667. The molecule has 0 radical (unpaired) electrons. The lowest BCUT2D eigenvalue weighted by atomic mass is 10.0. The van der Waals surface area contributed by atoms with E-state index < -0.39 is 0 Å². The Labute approximate surface area is 111 Å². The van der Waals surface area contributed by atoms with E-state index in [2.05, 4.69) is 47.1 Å². The molecule has 1 rings (SSSR count). The molecule has 4 nitrogen and oxygen atoms in total. The van der Waals surface area contributed by atoms with Crippen molar-refractivity contribution in [1.82, 2.24) is 9.78 Å². The van der Waals surface area contributed by atoms with Crippen LogP contribution >= 0.6 is 15.9 Å². The highest BCUT2D eigenvalue weighted by Gasteiger charge is 2.14. The first-order valence-corrected chi connectivity index (χ1v) is 6.82. The van der Waals surface area contributed by atoms with Gasteiger partial charge < -0.3 is 5.32 Å². The van der Waals surface area contributed by atoms with Crippen molar-refractivity contribution in [3.8, 4) is 0 Å². The summed E-state index contributed by atoms with van der Waals surface area (Å²) in [6.45, 7) is 8.94. The minimum atomic E-state index is -0.0869. The van der Waals surface area contributed by atoms with E-state index in [1.54, 1.807) is 6.20 Å². The summed E-state index contributed by atoms with van der Waals surface area (Å²) in [6, 6.07) is 0.352. The zero-order valence-electron chi connectivity index (χ0n) is 10.8. The Kier molecular flexibility index (Phi) is 5.18. The highest BCUT2D eigenvalue weighted by atomic mass is 79.9. The Morgan fingerprint density at radius 2 is 2.12 bits per heavy atom. The van der Waals surface area contributed by atoms with Gasteiger partial charge in [-0.3, -0.25) is 4.79 Å². The SMILES string of the molecule is CCC(Nc1cnn(CC)c(=O)c1Br)C(C)C. The van der Waals surface area contributed by atoms with Crippen LogP contribution in [0.2, 0.25) is 0 Å². The molecule has 96 valence electrons. The van der Waals surface area contributed by atoms with Crippen molar-refractivity contribution in [3.63, 3.8) is 0 Å². The molecule has 0 aliphatic rings. The number of nitrogens with zero attached hydrogens (tertiary/aromatic N) is 2. The van der Waals surface area contributed by atoms with Gasteiger partial charge in [-0.1, -0.05) is 20.8 Å². The Morgan fingerprint density at radius 3 is 2.59 bits per heavy atom. The van der Waals surface area contributed by atoms with Gasteiger partial charge in [-0.15, -0.1) is 0 Å². The van der Waals surface area contributed by atoms with Crippen molar-refractivity contribution in [1.29, 1.82) is 0 Å². The number of anilines is 1. The molecule has 1 heterocycles. The molecule has 1 unspecified atom stereocenters. The van der Waals surface area contributed by atoms with Crippen molar-refractivity contribution < 1.29 is 0 Å². The second-order valence-corrected chi connectivity index (χ2v) is 5.19.